The smallest absolute Gasteiger partial charge is 0.407 e. The highest BCUT2D eigenvalue weighted by Crippen LogP contribution is 2.22. The predicted octanol–water partition coefficient (Wildman–Crippen LogP) is 2.72. The lowest BCUT2D eigenvalue weighted by Crippen LogP contribution is -2.30. The summed E-state index contributed by atoms with van der Waals surface area (Å²) < 4.78 is 0. The van der Waals surface area contributed by atoms with Gasteiger partial charge >= 0.3 is 6.09 Å². The Labute approximate surface area is 106 Å². The van der Waals surface area contributed by atoms with E-state index in [0.717, 1.165) is 24.0 Å². The summed E-state index contributed by atoms with van der Waals surface area (Å²) in [5.74, 6) is 0. The van der Waals surface area contributed by atoms with Crippen molar-refractivity contribution in [3.8, 4) is 6.07 Å². The molecule has 0 aromatic heterocycles. The van der Waals surface area contributed by atoms with Crippen molar-refractivity contribution in [3.05, 3.63) is 41.5 Å². The van der Waals surface area contributed by atoms with Gasteiger partial charge in [-0.15, -0.1) is 0 Å². The number of amides is 1. The highest BCUT2D eigenvalue weighted by atomic mass is 16.4. The van der Waals surface area contributed by atoms with Crippen LogP contribution in [0.25, 0.3) is 5.57 Å². The maximum Gasteiger partial charge on any atom is 0.407 e. The zero-order chi connectivity index (χ0) is 13.0. The van der Waals surface area contributed by atoms with Gasteiger partial charge < -0.3 is 10.0 Å². The molecule has 2 rings (SSSR count). The second kappa shape index (κ2) is 5.37. The van der Waals surface area contributed by atoms with Crippen molar-refractivity contribution in [1.29, 1.82) is 5.26 Å². The molecule has 4 nitrogen and oxygen atoms in total. The topological polar surface area (TPSA) is 64.3 Å². The summed E-state index contributed by atoms with van der Waals surface area (Å²) in [6.07, 6.45) is 2.69. The molecule has 1 aliphatic rings. The molecule has 0 unspecified atom stereocenters. The largest absolute Gasteiger partial charge is 0.465 e. The van der Waals surface area contributed by atoms with Crippen molar-refractivity contribution in [2.45, 2.75) is 12.8 Å². The molecule has 0 bridgehead atoms. The number of hydrogen-bond acceptors (Lipinski definition) is 2. The Kier molecular flexibility index (Phi) is 3.63. The van der Waals surface area contributed by atoms with E-state index in [9.17, 15) is 4.79 Å². The summed E-state index contributed by atoms with van der Waals surface area (Å²) in [6.45, 7) is 1.08. The number of carbonyl (C=O) groups is 1. The first-order chi connectivity index (χ1) is 8.70. The Balaban J connectivity index is 2.12. The van der Waals surface area contributed by atoms with Crippen molar-refractivity contribution < 1.29 is 9.90 Å². The molecule has 0 spiro atoms. The molecule has 18 heavy (non-hydrogen) atoms. The molecule has 0 aliphatic carbocycles. The minimum Gasteiger partial charge on any atom is -0.465 e. The third-order valence-corrected chi connectivity index (χ3v) is 3.10. The fourth-order valence-electron chi connectivity index (χ4n) is 2.08. The molecule has 0 fully saturated rings. The quantitative estimate of drug-likeness (QED) is 0.823. The first-order valence-electron chi connectivity index (χ1n) is 5.88. The van der Waals surface area contributed by atoms with E-state index in [0.29, 0.717) is 18.7 Å². The standard InChI is InChI=1S/C14H14N2O2/c15-10-11-3-5-13(6-4-11)12-2-1-8-16(9-7-12)14(17)18/h2-6H,1,7-9H2,(H,17,18). The van der Waals surface area contributed by atoms with Crippen LogP contribution in [-0.4, -0.2) is 29.2 Å². The van der Waals surface area contributed by atoms with Gasteiger partial charge in [0.15, 0.2) is 0 Å². The zero-order valence-electron chi connectivity index (χ0n) is 9.97. The van der Waals surface area contributed by atoms with Gasteiger partial charge in [-0.2, -0.15) is 5.26 Å². The molecule has 0 saturated heterocycles. The van der Waals surface area contributed by atoms with E-state index < -0.39 is 6.09 Å². The first kappa shape index (κ1) is 12.2. The second-order valence-electron chi connectivity index (χ2n) is 4.23. The minimum absolute atomic E-state index is 0.529. The number of rotatable bonds is 1. The summed E-state index contributed by atoms with van der Waals surface area (Å²) in [4.78, 5) is 12.3. The number of nitrogens with zero attached hydrogens (tertiary/aromatic N) is 2. The summed E-state index contributed by atoms with van der Waals surface area (Å²) in [5.41, 5.74) is 2.87. The third-order valence-electron chi connectivity index (χ3n) is 3.10. The lowest BCUT2D eigenvalue weighted by Gasteiger charge is -2.15. The monoisotopic (exact) mass is 242 g/mol. The molecule has 1 aromatic carbocycles. The Morgan fingerprint density at radius 2 is 2.00 bits per heavy atom. The normalized spacial score (nSPS) is 15.5. The second-order valence-corrected chi connectivity index (χ2v) is 4.23. The van der Waals surface area contributed by atoms with Crippen LogP contribution >= 0.6 is 0 Å². The van der Waals surface area contributed by atoms with Gasteiger partial charge in [0.2, 0.25) is 0 Å². The van der Waals surface area contributed by atoms with E-state index in [4.69, 9.17) is 10.4 Å². The summed E-state index contributed by atoms with van der Waals surface area (Å²) in [6, 6.07) is 9.50. The third kappa shape index (κ3) is 2.69. The summed E-state index contributed by atoms with van der Waals surface area (Å²) in [5, 5.41) is 17.7. The van der Waals surface area contributed by atoms with E-state index >= 15 is 0 Å². The molecular weight excluding hydrogens is 228 g/mol. The van der Waals surface area contributed by atoms with Gasteiger partial charge in [0.1, 0.15) is 0 Å². The SMILES string of the molecule is N#Cc1ccc(C2=CCCN(C(=O)O)CC2)cc1. The fourth-order valence-corrected chi connectivity index (χ4v) is 2.08. The van der Waals surface area contributed by atoms with Crippen LogP contribution in [0.15, 0.2) is 30.3 Å². The van der Waals surface area contributed by atoms with Crippen LogP contribution < -0.4 is 0 Å². The Morgan fingerprint density at radius 1 is 1.28 bits per heavy atom. The lowest BCUT2D eigenvalue weighted by atomic mass is 10.0. The first-order valence-corrected chi connectivity index (χ1v) is 5.88. The van der Waals surface area contributed by atoms with Gasteiger partial charge in [-0.05, 0) is 36.1 Å². The molecule has 1 N–H and O–H groups in total. The Bertz CT molecular complexity index is 512. The van der Waals surface area contributed by atoms with Gasteiger partial charge in [0.25, 0.3) is 0 Å². The van der Waals surface area contributed by atoms with Crippen LogP contribution in [0.5, 0.6) is 0 Å². The van der Waals surface area contributed by atoms with Gasteiger partial charge in [-0.3, -0.25) is 0 Å². The number of benzene rings is 1. The molecule has 0 radical (unpaired) electrons. The summed E-state index contributed by atoms with van der Waals surface area (Å²) >= 11 is 0. The average molecular weight is 242 g/mol. The molecule has 1 aromatic rings. The highest BCUT2D eigenvalue weighted by Gasteiger charge is 2.15. The van der Waals surface area contributed by atoms with E-state index in [2.05, 4.69) is 12.1 Å². The van der Waals surface area contributed by atoms with Crippen LogP contribution in [0.2, 0.25) is 0 Å². The van der Waals surface area contributed by atoms with Crippen LogP contribution in [-0.2, 0) is 0 Å². The van der Waals surface area contributed by atoms with Crippen molar-refractivity contribution in [3.63, 3.8) is 0 Å². The summed E-state index contributed by atoms with van der Waals surface area (Å²) in [7, 11) is 0. The Hall–Kier alpha value is -2.28. The molecule has 0 atom stereocenters. The van der Waals surface area contributed by atoms with Crippen molar-refractivity contribution in [2.24, 2.45) is 0 Å². The van der Waals surface area contributed by atoms with Crippen molar-refractivity contribution in [2.75, 3.05) is 13.1 Å². The van der Waals surface area contributed by atoms with E-state index in [1.54, 1.807) is 12.1 Å². The number of carboxylic acid groups (broad SMARTS) is 1. The van der Waals surface area contributed by atoms with Gasteiger partial charge in [0, 0.05) is 13.1 Å². The maximum atomic E-state index is 10.9. The highest BCUT2D eigenvalue weighted by molar-refractivity contribution is 5.69. The minimum atomic E-state index is -0.857. The predicted molar refractivity (Wildman–Crippen MR) is 68.0 cm³/mol. The van der Waals surface area contributed by atoms with E-state index in [1.165, 1.54) is 4.90 Å². The van der Waals surface area contributed by atoms with Crippen LogP contribution in [0.3, 0.4) is 0 Å². The number of nitriles is 1. The zero-order valence-corrected chi connectivity index (χ0v) is 9.97. The van der Waals surface area contributed by atoms with Crippen molar-refractivity contribution in [1.82, 2.24) is 4.90 Å². The van der Waals surface area contributed by atoms with Gasteiger partial charge in [-0.1, -0.05) is 18.2 Å². The molecule has 1 aliphatic heterocycles. The van der Waals surface area contributed by atoms with Crippen LogP contribution in [0.4, 0.5) is 4.79 Å². The molecular formula is C14H14N2O2. The van der Waals surface area contributed by atoms with E-state index in [1.807, 2.05) is 12.1 Å². The average Bonchev–Trinajstić information content (AvgIpc) is 2.64. The van der Waals surface area contributed by atoms with Crippen molar-refractivity contribution >= 4 is 11.7 Å². The Morgan fingerprint density at radius 3 is 2.61 bits per heavy atom. The van der Waals surface area contributed by atoms with E-state index in [-0.39, 0.29) is 0 Å². The van der Waals surface area contributed by atoms with Gasteiger partial charge in [0.05, 0.1) is 11.6 Å². The molecule has 0 saturated carbocycles. The van der Waals surface area contributed by atoms with Crippen LogP contribution in [0, 0.1) is 11.3 Å². The molecule has 1 amide bonds. The molecule has 1 heterocycles. The maximum absolute atomic E-state index is 10.9. The number of hydrogen-bond donors (Lipinski definition) is 1. The van der Waals surface area contributed by atoms with Gasteiger partial charge in [-0.25, -0.2) is 4.79 Å². The lowest BCUT2D eigenvalue weighted by molar-refractivity contribution is 0.148. The fraction of sp³-hybridized carbons (Fsp3) is 0.286. The molecule has 92 valence electrons. The van der Waals surface area contributed by atoms with Crippen LogP contribution in [0.1, 0.15) is 24.0 Å². The molecule has 4 heteroatoms.